The van der Waals surface area contributed by atoms with Crippen molar-refractivity contribution in [2.24, 2.45) is 0 Å². The van der Waals surface area contributed by atoms with Gasteiger partial charge in [0.1, 0.15) is 11.9 Å². The van der Waals surface area contributed by atoms with Gasteiger partial charge in [0, 0.05) is 18.4 Å². The molecule has 0 radical (unpaired) electrons. The Morgan fingerprint density at radius 1 is 1.08 bits per heavy atom. The van der Waals surface area contributed by atoms with Gasteiger partial charge in [-0.3, -0.25) is 0 Å². The van der Waals surface area contributed by atoms with Gasteiger partial charge in [-0.2, -0.15) is 0 Å². The van der Waals surface area contributed by atoms with Crippen molar-refractivity contribution in [1.29, 1.82) is 0 Å². The second kappa shape index (κ2) is 7.88. The lowest BCUT2D eigenvalue weighted by Crippen LogP contribution is -2.40. The van der Waals surface area contributed by atoms with Crippen LogP contribution >= 0.6 is 0 Å². The zero-order chi connectivity index (χ0) is 17.7. The molecule has 134 valence electrons. The van der Waals surface area contributed by atoms with Gasteiger partial charge in [0.05, 0.1) is 5.75 Å². The Morgan fingerprint density at radius 3 is 2.36 bits per heavy atom. The molecule has 1 heterocycles. The van der Waals surface area contributed by atoms with Crippen LogP contribution in [0.3, 0.4) is 0 Å². The van der Waals surface area contributed by atoms with E-state index in [4.69, 9.17) is 4.74 Å². The lowest BCUT2D eigenvalue weighted by atomic mass is 9.94. The highest BCUT2D eigenvalue weighted by Crippen LogP contribution is 2.23. The fraction of sp³-hybridized carbons (Fsp3) is 0.412. The molecular formula is C17H20FN3O3S. The van der Waals surface area contributed by atoms with Crippen LogP contribution in [0.25, 0.3) is 0 Å². The smallest absolute Gasteiger partial charge is 0.316 e. The van der Waals surface area contributed by atoms with Gasteiger partial charge in [0.25, 0.3) is 0 Å². The SMILES string of the molecule is O=S(=O)(Cc1ccc(F)cc1)NC1CCC(Oc2ncccn2)CC1. The van der Waals surface area contributed by atoms with E-state index in [0.717, 1.165) is 12.8 Å². The van der Waals surface area contributed by atoms with E-state index in [1.807, 2.05) is 0 Å². The Balaban J connectivity index is 1.48. The van der Waals surface area contributed by atoms with Crippen LogP contribution in [0, 0.1) is 5.82 Å². The monoisotopic (exact) mass is 365 g/mol. The molecule has 3 rings (SSSR count). The quantitative estimate of drug-likeness (QED) is 0.850. The molecule has 1 fully saturated rings. The molecule has 1 saturated carbocycles. The molecule has 1 aliphatic rings. The Hall–Kier alpha value is -2.06. The molecule has 0 aliphatic heterocycles. The van der Waals surface area contributed by atoms with Crippen molar-refractivity contribution in [3.8, 4) is 6.01 Å². The minimum atomic E-state index is -3.46. The highest BCUT2D eigenvalue weighted by molar-refractivity contribution is 7.88. The predicted octanol–water partition coefficient (Wildman–Crippen LogP) is 2.43. The number of nitrogens with zero attached hydrogens (tertiary/aromatic N) is 2. The molecule has 0 unspecified atom stereocenters. The van der Waals surface area contributed by atoms with E-state index in [-0.39, 0.29) is 23.7 Å². The molecule has 1 aliphatic carbocycles. The molecule has 25 heavy (non-hydrogen) atoms. The summed E-state index contributed by atoms with van der Waals surface area (Å²) in [5, 5.41) is 0. The molecule has 0 spiro atoms. The zero-order valence-corrected chi connectivity index (χ0v) is 14.5. The number of halogens is 1. The Bertz CT molecular complexity index is 777. The number of ether oxygens (including phenoxy) is 1. The lowest BCUT2D eigenvalue weighted by molar-refractivity contribution is 0.132. The van der Waals surface area contributed by atoms with Crippen LogP contribution < -0.4 is 9.46 Å². The van der Waals surface area contributed by atoms with E-state index in [2.05, 4.69) is 14.7 Å². The molecule has 0 bridgehead atoms. The van der Waals surface area contributed by atoms with Crippen molar-refractivity contribution in [1.82, 2.24) is 14.7 Å². The van der Waals surface area contributed by atoms with E-state index in [0.29, 0.717) is 24.4 Å². The fourth-order valence-electron chi connectivity index (χ4n) is 2.89. The Morgan fingerprint density at radius 2 is 1.72 bits per heavy atom. The van der Waals surface area contributed by atoms with Crippen LogP contribution in [0.2, 0.25) is 0 Å². The third-order valence-corrected chi connectivity index (χ3v) is 5.51. The van der Waals surface area contributed by atoms with Crippen molar-refractivity contribution >= 4 is 10.0 Å². The maximum atomic E-state index is 12.9. The average molecular weight is 365 g/mol. The second-order valence-electron chi connectivity index (χ2n) is 6.13. The summed E-state index contributed by atoms with van der Waals surface area (Å²) >= 11 is 0. The topological polar surface area (TPSA) is 81.2 Å². The summed E-state index contributed by atoms with van der Waals surface area (Å²) in [7, 11) is -3.46. The maximum absolute atomic E-state index is 12.9. The van der Waals surface area contributed by atoms with Gasteiger partial charge in [-0.15, -0.1) is 0 Å². The summed E-state index contributed by atoms with van der Waals surface area (Å²) in [5.74, 6) is -0.531. The standard InChI is InChI=1S/C17H20FN3O3S/c18-14-4-2-13(3-5-14)12-25(22,23)21-15-6-8-16(9-7-15)24-17-19-10-1-11-20-17/h1-5,10-11,15-16,21H,6-9,12H2. The van der Waals surface area contributed by atoms with Gasteiger partial charge in [-0.05, 0) is 49.4 Å². The van der Waals surface area contributed by atoms with Gasteiger partial charge < -0.3 is 4.74 Å². The molecule has 1 N–H and O–H groups in total. The molecule has 1 aromatic heterocycles. The first-order valence-electron chi connectivity index (χ1n) is 8.18. The highest BCUT2D eigenvalue weighted by Gasteiger charge is 2.26. The number of benzene rings is 1. The average Bonchev–Trinajstić information content (AvgIpc) is 2.59. The predicted molar refractivity (Wildman–Crippen MR) is 90.9 cm³/mol. The number of aromatic nitrogens is 2. The Labute approximate surface area is 146 Å². The summed E-state index contributed by atoms with van der Waals surface area (Å²) < 4.78 is 45.9. The molecule has 0 amide bonds. The molecular weight excluding hydrogens is 345 g/mol. The molecule has 1 aromatic carbocycles. The first kappa shape index (κ1) is 17.8. The van der Waals surface area contributed by atoms with Crippen molar-refractivity contribution in [2.75, 3.05) is 0 Å². The highest BCUT2D eigenvalue weighted by atomic mass is 32.2. The van der Waals surface area contributed by atoms with Gasteiger partial charge in [0.15, 0.2) is 0 Å². The first-order valence-corrected chi connectivity index (χ1v) is 9.83. The summed E-state index contributed by atoms with van der Waals surface area (Å²) in [4.78, 5) is 8.07. The minimum Gasteiger partial charge on any atom is -0.460 e. The minimum absolute atomic E-state index is 0.000234. The largest absolute Gasteiger partial charge is 0.460 e. The molecule has 2 aromatic rings. The van der Waals surface area contributed by atoms with Crippen molar-refractivity contribution in [3.05, 3.63) is 54.1 Å². The van der Waals surface area contributed by atoms with Crippen LogP contribution in [-0.2, 0) is 15.8 Å². The maximum Gasteiger partial charge on any atom is 0.316 e. The number of hydrogen-bond donors (Lipinski definition) is 1. The van der Waals surface area contributed by atoms with Crippen molar-refractivity contribution < 1.29 is 17.5 Å². The molecule has 8 heteroatoms. The van der Waals surface area contributed by atoms with E-state index in [1.54, 1.807) is 18.5 Å². The van der Waals surface area contributed by atoms with E-state index in [9.17, 15) is 12.8 Å². The van der Waals surface area contributed by atoms with Gasteiger partial charge in [0.2, 0.25) is 10.0 Å². The van der Waals surface area contributed by atoms with Crippen LogP contribution in [0.4, 0.5) is 4.39 Å². The summed E-state index contributed by atoms with van der Waals surface area (Å²) in [6, 6.07) is 7.46. The van der Waals surface area contributed by atoms with Crippen LogP contribution in [0.1, 0.15) is 31.2 Å². The zero-order valence-electron chi connectivity index (χ0n) is 13.6. The summed E-state index contributed by atoms with van der Waals surface area (Å²) in [5.41, 5.74) is 0.562. The summed E-state index contributed by atoms with van der Waals surface area (Å²) in [6.07, 6.45) is 6.11. The van der Waals surface area contributed by atoms with Gasteiger partial charge in [-0.1, -0.05) is 12.1 Å². The second-order valence-corrected chi connectivity index (χ2v) is 7.88. The number of nitrogens with one attached hydrogen (secondary N) is 1. The lowest BCUT2D eigenvalue weighted by Gasteiger charge is -2.28. The number of sulfonamides is 1. The van der Waals surface area contributed by atoms with Crippen LogP contribution in [-0.4, -0.2) is 30.5 Å². The third-order valence-electron chi connectivity index (χ3n) is 4.10. The van der Waals surface area contributed by atoms with E-state index in [1.165, 1.54) is 24.3 Å². The van der Waals surface area contributed by atoms with E-state index < -0.39 is 10.0 Å². The number of rotatable bonds is 6. The van der Waals surface area contributed by atoms with Crippen molar-refractivity contribution in [3.63, 3.8) is 0 Å². The van der Waals surface area contributed by atoms with Gasteiger partial charge in [-0.25, -0.2) is 27.5 Å². The van der Waals surface area contributed by atoms with Gasteiger partial charge >= 0.3 is 6.01 Å². The normalized spacial score (nSPS) is 21.0. The first-order chi connectivity index (χ1) is 12.0. The molecule has 6 nitrogen and oxygen atoms in total. The van der Waals surface area contributed by atoms with Crippen LogP contribution in [0.15, 0.2) is 42.7 Å². The fourth-order valence-corrected chi connectivity index (χ4v) is 4.35. The summed E-state index contributed by atoms with van der Waals surface area (Å²) in [6.45, 7) is 0. The van der Waals surface area contributed by atoms with Crippen molar-refractivity contribution in [2.45, 2.75) is 43.6 Å². The van der Waals surface area contributed by atoms with E-state index >= 15 is 0 Å². The third kappa shape index (κ3) is 5.47. The number of hydrogen-bond acceptors (Lipinski definition) is 5. The molecule has 0 saturated heterocycles. The Kier molecular flexibility index (Phi) is 5.60. The molecule has 0 atom stereocenters. The van der Waals surface area contributed by atoms with Crippen LogP contribution in [0.5, 0.6) is 6.01 Å².